The molecular weight excluding hydrogens is 254 g/mol. The zero-order valence-corrected chi connectivity index (χ0v) is 13.1. The lowest BCUT2D eigenvalue weighted by Gasteiger charge is -2.12. The second-order valence-electron chi connectivity index (χ2n) is 5.43. The van der Waals surface area contributed by atoms with Gasteiger partial charge in [-0.1, -0.05) is 64.7 Å². The van der Waals surface area contributed by atoms with Gasteiger partial charge >= 0.3 is 5.97 Å². The Hall–Kier alpha value is -1.06. The van der Waals surface area contributed by atoms with E-state index in [-0.39, 0.29) is 0 Å². The molecule has 4 nitrogen and oxygen atoms in total. The normalized spacial score (nSPS) is 12.1. The molecule has 1 unspecified atom stereocenters. The highest BCUT2D eigenvalue weighted by Gasteiger charge is 2.18. The van der Waals surface area contributed by atoms with E-state index >= 15 is 0 Å². The van der Waals surface area contributed by atoms with Crippen molar-refractivity contribution in [3.8, 4) is 0 Å². The van der Waals surface area contributed by atoms with E-state index in [0.717, 1.165) is 19.3 Å². The summed E-state index contributed by atoms with van der Waals surface area (Å²) in [6.45, 7) is 3.50. The molecule has 0 aliphatic rings. The highest BCUT2D eigenvalue weighted by atomic mass is 16.5. The van der Waals surface area contributed by atoms with Crippen molar-refractivity contribution in [2.45, 2.75) is 90.6 Å². The van der Waals surface area contributed by atoms with Gasteiger partial charge in [0.05, 0.1) is 0 Å². The van der Waals surface area contributed by atoms with Crippen LogP contribution in [0.25, 0.3) is 0 Å². The Morgan fingerprint density at radius 2 is 1.35 bits per heavy atom. The fraction of sp³-hybridized carbons (Fsp3) is 0.875. The molecule has 20 heavy (non-hydrogen) atoms. The molecule has 0 saturated heterocycles. The van der Waals surface area contributed by atoms with Crippen LogP contribution in [0, 0.1) is 0 Å². The molecule has 0 aromatic heterocycles. The number of hydrogen-bond acceptors (Lipinski definition) is 3. The fourth-order valence-electron chi connectivity index (χ4n) is 2.26. The van der Waals surface area contributed by atoms with E-state index in [4.69, 9.17) is 10.5 Å². The average molecular weight is 284 g/mol. The first-order chi connectivity index (χ1) is 9.57. The zero-order valence-electron chi connectivity index (χ0n) is 13.1. The van der Waals surface area contributed by atoms with E-state index < -0.39 is 18.0 Å². The lowest BCUT2D eigenvalue weighted by molar-refractivity contribution is -0.153. The first-order valence-electron chi connectivity index (χ1n) is 8.00. The van der Waals surface area contributed by atoms with E-state index in [1.807, 2.05) is 0 Å². The SMILES string of the molecule is CCCCCCCCCCCCC(OC(C)=O)C([NH])=O. The first kappa shape index (κ1) is 18.9. The topological polar surface area (TPSA) is 67.2 Å². The summed E-state index contributed by atoms with van der Waals surface area (Å²) in [5.41, 5.74) is 7.04. The summed E-state index contributed by atoms with van der Waals surface area (Å²) >= 11 is 0. The molecule has 4 heteroatoms. The summed E-state index contributed by atoms with van der Waals surface area (Å²) in [4.78, 5) is 21.7. The highest BCUT2D eigenvalue weighted by molar-refractivity contribution is 5.81. The predicted molar refractivity (Wildman–Crippen MR) is 80.1 cm³/mol. The zero-order chi connectivity index (χ0) is 15.2. The van der Waals surface area contributed by atoms with Crippen molar-refractivity contribution in [2.75, 3.05) is 0 Å². The Morgan fingerprint density at radius 1 is 0.900 bits per heavy atom. The van der Waals surface area contributed by atoms with Crippen molar-refractivity contribution in [1.29, 1.82) is 0 Å². The molecule has 1 atom stereocenters. The Labute approximate surface area is 123 Å². The predicted octanol–water partition coefficient (Wildman–Crippen LogP) is 4.04. The standard InChI is InChI=1S/C16H30NO3/c1-3-4-5-6-7-8-9-10-11-12-13-15(16(17)19)20-14(2)18/h15,17H,3-13H2,1-2H3. The molecule has 0 rings (SSSR count). The minimum absolute atomic E-state index is 0.484. The van der Waals surface area contributed by atoms with Crippen LogP contribution in [0.2, 0.25) is 0 Å². The summed E-state index contributed by atoms with van der Waals surface area (Å²) in [5, 5.41) is 0. The Morgan fingerprint density at radius 3 is 1.75 bits per heavy atom. The maximum atomic E-state index is 11.0. The van der Waals surface area contributed by atoms with Crippen molar-refractivity contribution in [2.24, 2.45) is 0 Å². The number of unbranched alkanes of at least 4 members (excludes halogenated alkanes) is 9. The maximum absolute atomic E-state index is 11.0. The summed E-state index contributed by atoms with van der Waals surface area (Å²) in [7, 11) is 0. The van der Waals surface area contributed by atoms with Gasteiger partial charge in [0.1, 0.15) is 0 Å². The molecule has 0 bridgehead atoms. The third kappa shape index (κ3) is 12.0. The average Bonchev–Trinajstić information content (AvgIpc) is 2.39. The largest absolute Gasteiger partial charge is 0.452 e. The minimum Gasteiger partial charge on any atom is -0.452 e. The number of ether oxygens (including phenoxy) is 1. The van der Waals surface area contributed by atoms with Crippen molar-refractivity contribution < 1.29 is 14.3 Å². The second kappa shape index (κ2) is 12.9. The molecule has 0 spiro atoms. The summed E-state index contributed by atoms with van der Waals surface area (Å²) in [6.07, 6.45) is 11.8. The van der Waals surface area contributed by atoms with Crippen molar-refractivity contribution in [1.82, 2.24) is 5.73 Å². The minimum atomic E-state index is -0.860. The lowest BCUT2D eigenvalue weighted by Crippen LogP contribution is -2.27. The van der Waals surface area contributed by atoms with Gasteiger partial charge in [-0.3, -0.25) is 15.3 Å². The summed E-state index contributed by atoms with van der Waals surface area (Å²) in [5.74, 6) is -1.28. The molecule has 0 aliphatic carbocycles. The number of esters is 1. The molecule has 0 aromatic rings. The van der Waals surface area contributed by atoms with Crippen molar-refractivity contribution >= 4 is 11.9 Å². The molecule has 117 valence electrons. The van der Waals surface area contributed by atoms with E-state index in [2.05, 4.69) is 6.92 Å². The van der Waals surface area contributed by atoms with E-state index in [9.17, 15) is 9.59 Å². The number of carbonyl (C=O) groups is 2. The molecule has 0 fully saturated rings. The summed E-state index contributed by atoms with van der Waals surface area (Å²) in [6, 6.07) is 0. The molecule has 1 N–H and O–H groups in total. The Balaban J connectivity index is 3.41. The molecule has 0 heterocycles. The van der Waals surface area contributed by atoms with Crippen LogP contribution in [0.1, 0.15) is 84.5 Å². The molecular formula is C16H30NO3. The summed E-state index contributed by atoms with van der Waals surface area (Å²) < 4.78 is 4.82. The van der Waals surface area contributed by atoms with Gasteiger partial charge in [-0.25, -0.2) is 0 Å². The van der Waals surface area contributed by atoms with Crippen LogP contribution in [0.15, 0.2) is 0 Å². The maximum Gasteiger partial charge on any atom is 0.303 e. The third-order valence-electron chi connectivity index (χ3n) is 3.42. The number of hydrogen-bond donors (Lipinski definition) is 0. The van der Waals surface area contributed by atoms with Crippen LogP contribution in [0.4, 0.5) is 0 Å². The van der Waals surface area contributed by atoms with Crippen LogP contribution in [-0.4, -0.2) is 18.0 Å². The smallest absolute Gasteiger partial charge is 0.303 e. The van der Waals surface area contributed by atoms with Crippen LogP contribution < -0.4 is 5.73 Å². The molecule has 0 saturated carbocycles. The van der Waals surface area contributed by atoms with Crippen molar-refractivity contribution in [3.63, 3.8) is 0 Å². The molecule has 1 radical (unpaired) electrons. The molecule has 0 aliphatic heterocycles. The van der Waals surface area contributed by atoms with Crippen LogP contribution in [0.5, 0.6) is 0 Å². The first-order valence-corrected chi connectivity index (χ1v) is 8.00. The van der Waals surface area contributed by atoms with Crippen LogP contribution in [-0.2, 0) is 14.3 Å². The van der Waals surface area contributed by atoms with Gasteiger partial charge in [0.2, 0.25) is 0 Å². The number of carbonyl (C=O) groups excluding carboxylic acids is 2. The van der Waals surface area contributed by atoms with Gasteiger partial charge in [0, 0.05) is 6.92 Å². The molecule has 0 aromatic carbocycles. The second-order valence-corrected chi connectivity index (χ2v) is 5.43. The van der Waals surface area contributed by atoms with E-state index in [1.54, 1.807) is 0 Å². The van der Waals surface area contributed by atoms with Crippen LogP contribution >= 0.6 is 0 Å². The quantitative estimate of drug-likeness (QED) is 0.378. The van der Waals surface area contributed by atoms with Gasteiger partial charge in [-0.05, 0) is 12.8 Å². The van der Waals surface area contributed by atoms with E-state index in [1.165, 1.54) is 51.9 Å². The number of nitrogens with one attached hydrogen (secondary N) is 1. The number of amides is 1. The Kier molecular flexibility index (Phi) is 12.3. The van der Waals surface area contributed by atoms with Gasteiger partial charge < -0.3 is 4.74 Å². The Bertz CT molecular complexity index is 266. The third-order valence-corrected chi connectivity index (χ3v) is 3.42. The lowest BCUT2D eigenvalue weighted by atomic mass is 10.0. The molecule has 1 amide bonds. The van der Waals surface area contributed by atoms with Gasteiger partial charge in [-0.15, -0.1) is 0 Å². The van der Waals surface area contributed by atoms with Crippen molar-refractivity contribution in [3.05, 3.63) is 0 Å². The fourth-order valence-corrected chi connectivity index (χ4v) is 2.26. The van der Waals surface area contributed by atoms with Gasteiger partial charge in [0.25, 0.3) is 5.91 Å². The van der Waals surface area contributed by atoms with Gasteiger partial charge in [-0.2, -0.15) is 0 Å². The van der Waals surface area contributed by atoms with E-state index in [0.29, 0.717) is 6.42 Å². The van der Waals surface area contributed by atoms with Gasteiger partial charge in [0.15, 0.2) is 6.10 Å². The monoisotopic (exact) mass is 284 g/mol. The number of rotatable bonds is 13. The highest BCUT2D eigenvalue weighted by Crippen LogP contribution is 2.13. The van der Waals surface area contributed by atoms with Crippen LogP contribution in [0.3, 0.4) is 0 Å².